The van der Waals surface area contributed by atoms with E-state index in [1.807, 2.05) is 24.3 Å². The molecule has 105 heavy (non-hydrogen) atoms. The summed E-state index contributed by atoms with van der Waals surface area (Å²) in [5, 5.41) is 22.9. The minimum absolute atomic E-state index is 0.278. The second-order valence-electron chi connectivity index (χ2n) is 27.7. The summed E-state index contributed by atoms with van der Waals surface area (Å²) in [6.45, 7) is 0. The number of nitrogens with one attached hydrogen (secondary N) is 1. The summed E-state index contributed by atoms with van der Waals surface area (Å²) in [6.07, 6.45) is 0. The van der Waals surface area contributed by atoms with E-state index < -0.39 is 15.8 Å². The minimum atomic E-state index is -5.32. The molecule has 2 aliphatic rings. The van der Waals surface area contributed by atoms with Gasteiger partial charge in [-0.1, -0.05) is 291 Å². The molecule has 0 radical (unpaired) electrons. The van der Waals surface area contributed by atoms with Crippen LogP contribution in [0.25, 0.3) is 196 Å². The van der Waals surface area contributed by atoms with Crippen molar-refractivity contribution in [1.82, 2.24) is 4.86 Å². The Kier molecular flexibility index (Phi) is 13.1. The third-order valence-corrected chi connectivity index (χ3v) is 25.5. The molecule has 0 bridgehead atoms. The van der Waals surface area contributed by atoms with Crippen LogP contribution < -0.4 is 23.0 Å². The number of benzene rings is 20. The third-order valence-electron chi connectivity index (χ3n) is 21.8. The van der Waals surface area contributed by atoms with E-state index in [1.165, 1.54) is 0 Å². The maximum Gasteiger partial charge on any atom is 0.602 e. The lowest BCUT2D eigenvalue weighted by molar-refractivity contribution is 0.331. The summed E-state index contributed by atoms with van der Waals surface area (Å²) in [7, 11) is -10.4. The summed E-state index contributed by atoms with van der Waals surface area (Å²) >= 11 is 0. The van der Waals surface area contributed by atoms with Gasteiger partial charge in [-0.05, 0) is 178 Å². The molecule has 20 aromatic carbocycles. The van der Waals surface area contributed by atoms with E-state index in [4.69, 9.17) is 18.1 Å². The van der Waals surface area contributed by atoms with Gasteiger partial charge in [-0.2, -0.15) is 4.89 Å². The zero-order valence-electron chi connectivity index (χ0n) is 56.2. The molecule has 0 spiro atoms. The molecule has 0 unspecified atom stereocenters. The quantitative estimate of drug-likeness (QED) is 0.127. The predicted molar refractivity (Wildman–Crippen MR) is 438 cm³/mol. The Morgan fingerprint density at radius 2 is 0.381 bits per heavy atom. The van der Waals surface area contributed by atoms with Crippen molar-refractivity contribution in [2.75, 3.05) is 0 Å². The fourth-order valence-electron chi connectivity index (χ4n) is 17.4. The molecule has 2 N–H and O–H groups in total. The van der Waals surface area contributed by atoms with Crippen LogP contribution in [0.2, 0.25) is 0 Å². The first-order chi connectivity index (χ1) is 51.8. The van der Waals surface area contributed by atoms with Crippen molar-refractivity contribution in [2.45, 2.75) is 0 Å². The van der Waals surface area contributed by atoms with Gasteiger partial charge in [-0.15, -0.1) is 0 Å². The highest BCUT2D eigenvalue weighted by Crippen LogP contribution is 2.72. The van der Waals surface area contributed by atoms with E-state index in [-0.39, 0.29) is 11.5 Å². The molecule has 2 aliphatic heterocycles. The van der Waals surface area contributed by atoms with Gasteiger partial charge in [0, 0.05) is 71.6 Å². The fraction of sp³-hybridized carbons (Fsp3) is 0. The zero-order chi connectivity index (χ0) is 69.2. The van der Waals surface area contributed by atoms with Gasteiger partial charge in [0.2, 0.25) is 11.5 Å². The fourth-order valence-corrected chi connectivity index (χ4v) is 21.1. The van der Waals surface area contributed by atoms with E-state index in [2.05, 4.69) is 320 Å². The first-order valence-electron chi connectivity index (χ1n) is 35.4. The van der Waals surface area contributed by atoms with E-state index in [9.17, 15) is 0 Å². The summed E-state index contributed by atoms with van der Waals surface area (Å²) in [6, 6.07) is 118. The molecule has 0 fully saturated rings. The minimum Gasteiger partial charge on any atom is -0.401 e. The molecular weight excluding hydrogens is 1330 g/mol. The highest BCUT2D eigenvalue weighted by Gasteiger charge is 2.60. The molecule has 2 heterocycles. The molecule has 0 atom stereocenters. The van der Waals surface area contributed by atoms with E-state index in [1.54, 1.807) is 0 Å². The van der Waals surface area contributed by atoms with E-state index >= 15 is 9.46 Å². The Morgan fingerprint density at radius 1 is 0.219 bits per heavy atom. The van der Waals surface area contributed by atoms with Gasteiger partial charge in [-0.3, -0.25) is 9.05 Å². The highest BCUT2D eigenvalue weighted by atomic mass is 31.3. The van der Waals surface area contributed by atoms with Crippen LogP contribution in [0.3, 0.4) is 0 Å². The lowest BCUT2D eigenvalue weighted by Gasteiger charge is -2.25. The monoisotopic (exact) mass is 1380 g/mol. The zero-order valence-corrected chi connectivity index (χ0v) is 58.0. The maximum absolute atomic E-state index is 18.7. The van der Waals surface area contributed by atoms with Crippen LogP contribution in [0, 0.1) is 0 Å². The summed E-state index contributed by atoms with van der Waals surface area (Å²) < 4.78 is 50.2. The second-order valence-corrected chi connectivity index (χ2v) is 31.2. The van der Waals surface area contributed by atoms with Crippen LogP contribution in [-0.4, -0.2) is 4.89 Å². The van der Waals surface area contributed by atoms with Gasteiger partial charge in [0.15, 0.2) is 0 Å². The smallest absolute Gasteiger partial charge is 0.401 e. The topological polar surface area (TPSA) is 86.3 Å². The van der Waals surface area contributed by atoms with Crippen molar-refractivity contribution in [1.29, 1.82) is 0 Å². The Bertz CT molecular complexity index is 6650. The van der Waals surface area contributed by atoms with E-state index in [0.717, 1.165) is 152 Å². The van der Waals surface area contributed by atoms with Crippen molar-refractivity contribution in [3.05, 3.63) is 340 Å². The standard InChI is InChI=1S/C96H58NO6P2/c98-104(100-93-81(85-69-37-13-1-25-57(69)49-58-26-2-14-38-70(58)85)53-65-33-9-21-45-77(65)89(93)90-78-46-22-10-34-66(78)54-82(94(90)101-104)86-71-39-15-3-27-59(71)50-60-28-4-16-40-72(60)86)97-105(99)102-95-83(87-73-41-17-5-29-61(73)51-62-30-6-18-42-74(62)87)55-67-35-11-23-47-79(67)91(95)92-80-48-24-12-36-68(80)56-84(96(92)103-105)88-75-43-19-7-31-63(75)52-64-32-8-20-44-76(64)88/h1-56,98H,(H,97,99)/q+1. The van der Waals surface area contributed by atoms with Gasteiger partial charge in [0.25, 0.3) is 0 Å². The van der Waals surface area contributed by atoms with Crippen LogP contribution >= 0.6 is 15.8 Å². The molecule has 492 valence electrons. The van der Waals surface area contributed by atoms with Crippen LogP contribution in [0.5, 0.6) is 23.0 Å². The average Bonchev–Trinajstić information content (AvgIpc) is 1.67. The lowest BCUT2D eigenvalue weighted by Crippen LogP contribution is -2.26. The molecule has 0 aromatic heterocycles. The van der Waals surface area contributed by atoms with E-state index in [0.29, 0.717) is 56.0 Å². The van der Waals surface area contributed by atoms with Gasteiger partial charge < -0.3 is 9.05 Å². The average molecular weight is 1380 g/mol. The predicted octanol–water partition coefficient (Wildman–Crippen LogP) is 27.1. The molecule has 22 rings (SSSR count). The summed E-state index contributed by atoms with van der Waals surface area (Å²) in [5.74, 6) is 1.18. The van der Waals surface area contributed by atoms with Gasteiger partial charge in [0.05, 0.1) is 0 Å². The molecule has 0 saturated carbocycles. The Labute approximate surface area is 603 Å². The molecule has 0 aliphatic carbocycles. The van der Waals surface area contributed by atoms with Crippen LogP contribution in [0.15, 0.2) is 340 Å². The van der Waals surface area contributed by atoms with Crippen LogP contribution in [0.1, 0.15) is 0 Å². The summed E-state index contributed by atoms with van der Waals surface area (Å²) in [4.78, 5) is 18.7. The van der Waals surface area contributed by atoms with Crippen molar-refractivity contribution >= 4 is 145 Å². The number of rotatable bonds is 6. The Hall–Kier alpha value is -12.7. The van der Waals surface area contributed by atoms with Crippen molar-refractivity contribution in [2.24, 2.45) is 0 Å². The van der Waals surface area contributed by atoms with Crippen LogP contribution in [0.4, 0.5) is 0 Å². The number of hydrogen-bond acceptors (Lipinski definition) is 6. The molecule has 0 saturated heterocycles. The maximum atomic E-state index is 18.7. The van der Waals surface area contributed by atoms with Gasteiger partial charge >= 0.3 is 15.8 Å². The largest absolute Gasteiger partial charge is 0.602 e. The number of fused-ring (bicyclic) bond motifs is 22. The normalized spacial score (nSPS) is 13.7. The van der Waals surface area contributed by atoms with Crippen LogP contribution in [-0.2, 0) is 4.57 Å². The second kappa shape index (κ2) is 22.9. The molecular formula is C96H58NO6P2+. The van der Waals surface area contributed by atoms with Gasteiger partial charge in [-0.25, -0.2) is 4.57 Å². The SMILES string of the molecule is O=P1(N[P+]2(O)Oc3c(-c4c5ccccc5cc5ccccc45)cc4ccccc4c3-c3c(c(-c4c5ccccc5cc5ccccc45)cc4ccccc34)O2)Oc2c(-c3c4ccccc4cc4ccccc34)cc3ccccc3c2-c2c(c(-c3c4ccccc4cc4ccccc34)cc3ccccc23)O1. The van der Waals surface area contributed by atoms with Crippen molar-refractivity contribution in [3.63, 3.8) is 0 Å². The lowest BCUT2D eigenvalue weighted by atomic mass is 9.83. The van der Waals surface area contributed by atoms with Crippen molar-refractivity contribution < 1.29 is 27.6 Å². The molecule has 9 heteroatoms. The third kappa shape index (κ3) is 9.20. The Morgan fingerprint density at radius 3 is 0.590 bits per heavy atom. The van der Waals surface area contributed by atoms with Gasteiger partial charge in [0.1, 0.15) is 11.5 Å². The highest BCUT2D eigenvalue weighted by molar-refractivity contribution is 7.72. The number of hydrogen-bond donors (Lipinski definition) is 2. The molecule has 20 aromatic rings. The Balaban J connectivity index is 0.896. The van der Waals surface area contributed by atoms with Crippen molar-refractivity contribution in [3.8, 4) is 89.8 Å². The molecule has 0 amide bonds. The first-order valence-corrected chi connectivity index (χ1v) is 38.5. The first kappa shape index (κ1) is 59.9. The summed E-state index contributed by atoms with van der Waals surface area (Å²) in [5.41, 5.74) is 8.89. The molecule has 7 nitrogen and oxygen atoms in total.